The van der Waals surface area contributed by atoms with Crippen molar-refractivity contribution in [3.05, 3.63) is 29.8 Å². The van der Waals surface area contributed by atoms with Gasteiger partial charge in [0.15, 0.2) is 0 Å². The van der Waals surface area contributed by atoms with Crippen LogP contribution in [0.15, 0.2) is 29.2 Å². The van der Waals surface area contributed by atoms with E-state index in [0.29, 0.717) is 18.7 Å². The van der Waals surface area contributed by atoms with Gasteiger partial charge in [0.05, 0.1) is 4.90 Å². The summed E-state index contributed by atoms with van der Waals surface area (Å²) in [7, 11) is -0.223. The summed E-state index contributed by atoms with van der Waals surface area (Å²) >= 11 is 0. The molecule has 0 radical (unpaired) electrons. The molecule has 0 saturated carbocycles. The summed E-state index contributed by atoms with van der Waals surface area (Å²) in [6.07, 6.45) is 1.63. The fourth-order valence-corrected chi connectivity index (χ4v) is 4.23. The molecule has 1 atom stereocenters. The Kier molecular flexibility index (Phi) is 6.37. The number of benzene rings is 1. The average Bonchev–Trinajstić information content (AvgIpc) is 2.95. The topological polar surface area (TPSA) is 83.7 Å². The van der Waals surface area contributed by atoms with Crippen LogP contribution in [0.4, 0.5) is 0 Å². The molecule has 1 amide bonds. The quantitative estimate of drug-likeness (QED) is 0.877. The van der Waals surface area contributed by atoms with Crippen LogP contribution in [0.1, 0.15) is 23.2 Å². The van der Waals surface area contributed by atoms with Crippen molar-refractivity contribution in [1.82, 2.24) is 9.21 Å². The fraction of sp³-hybridized carbons (Fsp3) is 0.500. The van der Waals surface area contributed by atoms with E-state index in [1.807, 2.05) is 0 Å². The van der Waals surface area contributed by atoms with Gasteiger partial charge in [-0.25, -0.2) is 8.42 Å². The molecule has 0 aliphatic carbocycles. The number of nitrogens with two attached hydrogens (primary N) is 1. The van der Waals surface area contributed by atoms with Crippen molar-refractivity contribution in [2.24, 2.45) is 5.73 Å². The van der Waals surface area contributed by atoms with E-state index in [4.69, 9.17) is 5.73 Å². The average molecular weight is 348 g/mol. The second-order valence-electron chi connectivity index (χ2n) is 5.37. The SMILES string of the molecule is CN(C)C(=O)c1ccc(S(=O)(=O)N2CCCC2CN)cc1.Cl. The predicted molar refractivity (Wildman–Crippen MR) is 87.7 cm³/mol. The van der Waals surface area contributed by atoms with Crippen LogP contribution in [0.3, 0.4) is 0 Å². The molecule has 2 N–H and O–H groups in total. The number of hydrogen-bond donors (Lipinski definition) is 1. The Morgan fingerprint density at radius 3 is 2.41 bits per heavy atom. The molecular formula is C14H22ClN3O3S. The zero-order valence-electron chi connectivity index (χ0n) is 12.7. The molecule has 0 spiro atoms. The summed E-state index contributed by atoms with van der Waals surface area (Å²) < 4.78 is 26.7. The first-order chi connectivity index (χ1) is 9.87. The van der Waals surface area contributed by atoms with Gasteiger partial charge in [-0.15, -0.1) is 12.4 Å². The maximum atomic E-state index is 12.6. The standard InChI is InChI=1S/C14H21N3O3S.ClH/c1-16(2)14(18)11-5-7-13(8-6-11)21(19,20)17-9-3-4-12(17)10-15;/h5-8,12H,3-4,9-10,15H2,1-2H3;1H. The van der Waals surface area contributed by atoms with Crippen LogP contribution in [0.2, 0.25) is 0 Å². The first-order valence-electron chi connectivity index (χ1n) is 6.91. The van der Waals surface area contributed by atoms with Crippen molar-refractivity contribution in [3.63, 3.8) is 0 Å². The highest BCUT2D eigenvalue weighted by molar-refractivity contribution is 7.89. The maximum absolute atomic E-state index is 12.6. The van der Waals surface area contributed by atoms with Crippen LogP contribution in [0.5, 0.6) is 0 Å². The number of carbonyl (C=O) groups is 1. The highest BCUT2D eigenvalue weighted by Crippen LogP contribution is 2.25. The largest absolute Gasteiger partial charge is 0.345 e. The van der Waals surface area contributed by atoms with Gasteiger partial charge in [0.2, 0.25) is 10.0 Å². The zero-order valence-corrected chi connectivity index (χ0v) is 14.4. The maximum Gasteiger partial charge on any atom is 0.253 e. The molecule has 22 heavy (non-hydrogen) atoms. The summed E-state index contributed by atoms with van der Waals surface area (Å²) in [6, 6.07) is 5.93. The Morgan fingerprint density at radius 1 is 1.32 bits per heavy atom. The van der Waals surface area contributed by atoms with Crippen LogP contribution in [0.25, 0.3) is 0 Å². The lowest BCUT2D eigenvalue weighted by molar-refractivity contribution is 0.0827. The van der Waals surface area contributed by atoms with Crippen molar-refractivity contribution in [3.8, 4) is 0 Å². The monoisotopic (exact) mass is 347 g/mol. The van der Waals surface area contributed by atoms with Crippen molar-refractivity contribution >= 4 is 28.3 Å². The Hall–Kier alpha value is -1.15. The molecule has 1 saturated heterocycles. The highest BCUT2D eigenvalue weighted by Gasteiger charge is 2.34. The summed E-state index contributed by atoms with van der Waals surface area (Å²) in [5.41, 5.74) is 6.11. The van der Waals surface area contributed by atoms with Crippen LogP contribution in [-0.2, 0) is 10.0 Å². The molecule has 8 heteroatoms. The van der Waals surface area contributed by atoms with E-state index in [1.165, 1.54) is 21.3 Å². The van der Waals surface area contributed by atoms with Crippen molar-refractivity contribution < 1.29 is 13.2 Å². The molecule has 1 aliphatic rings. The Morgan fingerprint density at radius 2 is 1.91 bits per heavy atom. The van der Waals surface area contributed by atoms with Crippen LogP contribution in [0, 0.1) is 0 Å². The number of halogens is 1. The second-order valence-corrected chi connectivity index (χ2v) is 7.26. The van der Waals surface area contributed by atoms with Gasteiger partial charge < -0.3 is 10.6 Å². The summed E-state index contributed by atoms with van der Waals surface area (Å²) in [6.45, 7) is 0.832. The zero-order chi connectivity index (χ0) is 15.6. The van der Waals surface area contributed by atoms with Crippen LogP contribution >= 0.6 is 12.4 Å². The fourth-order valence-electron chi connectivity index (χ4n) is 2.52. The van der Waals surface area contributed by atoms with Crippen molar-refractivity contribution in [1.29, 1.82) is 0 Å². The Bertz CT molecular complexity index is 617. The molecule has 2 rings (SSSR count). The van der Waals surface area contributed by atoms with E-state index in [1.54, 1.807) is 26.2 Å². The van der Waals surface area contributed by atoms with Gasteiger partial charge >= 0.3 is 0 Å². The number of nitrogens with zero attached hydrogens (tertiary/aromatic N) is 2. The molecular weight excluding hydrogens is 326 g/mol. The van der Waals surface area contributed by atoms with Gasteiger partial charge in [-0.3, -0.25) is 4.79 Å². The molecule has 6 nitrogen and oxygen atoms in total. The molecule has 1 fully saturated rings. The Labute approximate surface area is 137 Å². The van der Waals surface area contributed by atoms with Crippen molar-refractivity contribution in [2.75, 3.05) is 27.2 Å². The van der Waals surface area contributed by atoms with Gasteiger partial charge in [-0.2, -0.15) is 4.31 Å². The lowest BCUT2D eigenvalue weighted by Crippen LogP contribution is -2.39. The molecule has 1 aromatic rings. The first-order valence-corrected chi connectivity index (χ1v) is 8.35. The number of amides is 1. The molecule has 1 heterocycles. The van der Waals surface area contributed by atoms with Gasteiger partial charge in [0.1, 0.15) is 0 Å². The van der Waals surface area contributed by atoms with Crippen LogP contribution < -0.4 is 5.73 Å². The number of hydrogen-bond acceptors (Lipinski definition) is 4. The van der Waals surface area contributed by atoms with Gasteiger partial charge in [0.25, 0.3) is 5.91 Å². The first kappa shape index (κ1) is 18.9. The number of sulfonamides is 1. The lowest BCUT2D eigenvalue weighted by Gasteiger charge is -2.23. The van der Waals surface area contributed by atoms with E-state index in [-0.39, 0.29) is 29.3 Å². The summed E-state index contributed by atoms with van der Waals surface area (Å²) in [5.74, 6) is -0.153. The normalized spacial score (nSPS) is 18.8. The third-order valence-corrected chi connectivity index (χ3v) is 5.68. The van der Waals surface area contributed by atoms with Crippen molar-refractivity contribution in [2.45, 2.75) is 23.8 Å². The minimum Gasteiger partial charge on any atom is -0.345 e. The molecule has 0 aromatic heterocycles. The predicted octanol–water partition coefficient (Wildman–Crippen LogP) is 0.922. The molecule has 1 unspecified atom stereocenters. The minimum atomic E-state index is -3.53. The van der Waals surface area contributed by atoms with E-state index in [2.05, 4.69) is 0 Å². The van der Waals surface area contributed by atoms with Gasteiger partial charge in [0, 0.05) is 38.8 Å². The number of rotatable bonds is 4. The molecule has 124 valence electrons. The lowest BCUT2D eigenvalue weighted by atomic mass is 10.2. The summed E-state index contributed by atoms with van der Waals surface area (Å²) in [4.78, 5) is 13.5. The molecule has 1 aliphatic heterocycles. The second kappa shape index (κ2) is 7.41. The van der Waals surface area contributed by atoms with E-state index < -0.39 is 10.0 Å². The van der Waals surface area contributed by atoms with E-state index >= 15 is 0 Å². The minimum absolute atomic E-state index is 0. The van der Waals surface area contributed by atoms with Crippen LogP contribution in [-0.4, -0.2) is 56.8 Å². The number of carbonyl (C=O) groups excluding carboxylic acids is 1. The smallest absolute Gasteiger partial charge is 0.253 e. The third-order valence-electron chi connectivity index (χ3n) is 3.71. The highest BCUT2D eigenvalue weighted by atomic mass is 35.5. The third kappa shape index (κ3) is 3.60. The van der Waals surface area contributed by atoms with E-state index in [9.17, 15) is 13.2 Å². The molecule has 1 aromatic carbocycles. The van der Waals surface area contributed by atoms with E-state index in [0.717, 1.165) is 12.8 Å². The molecule has 0 bridgehead atoms. The summed E-state index contributed by atoms with van der Waals surface area (Å²) in [5, 5.41) is 0. The van der Waals surface area contributed by atoms with Gasteiger partial charge in [-0.1, -0.05) is 0 Å². The van der Waals surface area contributed by atoms with Gasteiger partial charge in [-0.05, 0) is 37.1 Å². The Balaban J connectivity index is 0.00000242.